The first-order valence-electron chi connectivity index (χ1n) is 7.61. The fourth-order valence-corrected chi connectivity index (χ4v) is 5.47. The van der Waals surface area contributed by atoms with E-state index in [1.165, 1.54) is 12.8 Å². The van der Waals surface area contributed by atoms with Crippen LogP contribution in [0.5, 0.6) is 0 Å². The molecule has 118 valence electrons. The average molecular weight is 421 g/mol. The molecule has 0 aromatic heterocycles. The lowest BCUT2D eigenvalue weighted by atomic mass is 9.93. The second-order valence-corrected chi connectivity index (χ2v) is 8.77. The summed E-state index contributed by atoms with van der Waals surface area (Å²) in [4.78, 5) is 0.427. The van der Waals surface area contributed by atoms with Crippen molar-refractivity contribution < 1.29 is 8.42 Å². The van der Waals surface area contributed by atoms with Crippen LogP contribution >= 0.6 is 22.6 Å². The van der Waals surface area contributed by atoms with Crippen molar-refractivity contribution in [2.75, 3.05) is 17.5 Å². The predicted molar refractivity (Wildman–Crippen MR) is 95.3 cm³/mol. The van der Waals surface area contributed by atoms with Crippen molar-refractivity contribution >= 4 is 32.6 Å². The van der Waals surface area contributed by atoms with Gasteiger partial charge >= 0.3 is 0 Å². The Hall–Kier alpha value is -0.140. The minimum absolute atomic E-state index is 0.427. The molecule has 1 aromatic carbocycles. The summed E-state index contributed by atoms with van der Waals surface area (Å²) in [5.74, 6) is 1.01. The first kappa shape index (κ1) is 17.2. The summed E-state index contributed by atoms with van der Waals surface area (Å²) in [6.07, 6.45) is 3.51. The van der Waals surface area contributed by atoms with E-state index in [2.05, 4.69) is 29.5 Å². The Kier molecular flexibility index (Phi) is 6.08. The smallest absolute Gasteiger partial charge is 0.207 e. The van der Waals surface area contributed by atoms with Crippen LogP contribution in [0.4, 0.5) is 0 Å². The van der Waals surface area contributed by atoms with Gasteiger partial charge in [-0.2, -0.15) is 4.31 Å². The van der Waals surface area contributed by atoms with Gasteiger partial charge in [0.05, 0.1) is 4.90 Å². The Balaban J connectivity index is 2.16. The molecule has 21 heavy (non-hydrogen) atoms. The number of benzene rings is 1. The number of hydrogen-bond acceptors (Lipinski definition) is 2. The van der Waals surface area contributed by atoms with Gasteiger partial charge in [-0.15, -0.1) is 0 Å². The molecule has 0 spiro atoms. The minimum Gasteiger partial charge on any atom is -0.207 e. The molecule has 0 radical (unpaired) electrons. The molecular weight excluding hydrogens is 397 g/mol. The summed E-state index contributed by atoms with van der Waals surface area (Å²) in [7, 11) is -3.33. The lowest BCUT2D eigenvalue weighted by Gasteiger charge is -2.16. The topological polar surface area (TPSA) is 37.4 Å². The van der Waals surface area contributed by atoms with E-state index in [0.717, 1.165) is 16.4 Å². The molecule has 1 saturated heterocycles. The van der Waals surface area contributed by atoms with Gasteiger partial charge in [0.2, 0.25) is 10.0 Å². The SMILES string of the molecule is CCCCC1CN(S(=O)(=O)c2ccc(C)cc2)CC1CI. The summed E-state index contributed by atoms with van der Waals surface area (Å²) in [5.41, 5.74) is 1.08. The predicted octanol–water partition coefficient (Wildman–Crippen LogP) is 3.86. The van der Waals surface area contributed by atoms with Gasteiger partial charge in [-0.3, -0.25) is 0 Å². The normalized spacial score (nSPS) is 23.6. The zero-order valence-electron chi connectivity index (χ0n) is 12.8. The van der Waals surface area contributed by atoms with Crippen LogP contribution in [-0.4, -0.2) is 30.2 Å². The molecular formula is C16H24INO2S. The van der Waals surface area contributed by atoms with E-state index >= 15 is 0 Å². The lowest BCUT2D eigenvalue weighted by Crippen LogP contribution is -2.29. The standard InChI is InChI=1S/C16H24INO2S/c1-3-4-5-14-11-18(12-15(14)10-17)21(19,20)16-8-6-13(2)7-9-16/h6-9,14-15H,3-5,10-12H2,1-2H3. The van der Waals surface area contributed by atoms with Crippen molar-refractivity contribution in [3.63, 3.8) is 0 Å². The van der Waals surface area contributed by atoms with Gasteiger partial charge in [-0.05, 0) is 37.3 Å². The third kappa shape index (κ3) is 3.99. The van der Waals surface area contributed by atoms with E-state index in [0.29, 0.717) is 29.8 Å². The minimum atomic E-state index is -3.33. The van der Waals surface area contributed by atoms with Crippen LogP contribution in [-0.2, 0) is 10.0 Å². The lowest BCUT2D eigenvalue weighted by molar-refractivity contribution is 0.411. The zero-order valence-corrected chi connectivity index (χ0v) is 15.7. The highest BCUT2D eigenvalue weighted by Gasteiger charge is 2.38. The largest absolute Gasteiger partial charge is 0.243 e. The van der Waals surface area contributed by atoms with E-state index < -0.39 is 10.0 Å². The monoisotopic (exact) mass is 421 g/mol. The molecule has 2 rings (SSSR count). The fraction of sp³-hybridized carbons (Fsp3) is 0.625. The highest BCUT2D eigenvalue weighted by Crippen LogP contribution is 2.33. The number of nitrogens with zero attached hydrogens (tertiary/aromatic N) is 1. The maximum atomic E-state index is 12.8. The van der Waals surface area contributed by atoms with Crippen LogP contribution in [0.25, 0.3) is 0 Å². The van der Waals surface area contributed by atoms with Crippen molar-refractivity contribution in [1.82, 2.24) is 4.31 Å². The second-order valence-electron chi connectivity index (χ2n) is 5.95. The van der Waals surface area contributed by atoms with Crippen molar-refractivity contribution in [2.24, 2.45) is 11.8 Å². The van der Waals surface area contributed by atoms with Crippen molar-refractivity contribution in [3.05, 3.63) is 29.8 Å². The number of hydrogen-bond donors (Lipinski definition) is 0. The quantitative estimate of drug-likeness (QED) is 0.517. The molecule has 0 saturated carbocycles. The summed E-state index contributed by atoms with van der Waals surface area (Å²) in [5, 5.41) is 0. The third-order valence-corrected chi connectivity index (χ3v) is 7.31. The molecule has 0 amide bonds. The first-order chi connectivity index (χ1) is 9.98. The van der Waals surface area contributed by atoms with Gasteiger partial charge in [-0.25, -0.2) is 8.42 Å². The van der Waals surface area contributed by atoms with Gasteiger partial charge in [0.25, 0.3) is 0 Å². The van der Waals surface area contributed by atoms with Crippen molar-refractivity contribution in [3.8, 4) is 0 Å². The number of aryl methyl sites for hydroxylation is 1. The van der Waals surface area contributed by atoms with E-state index in [1.807, 2.05) is 19.1 Å². The molecule has 2 atom stereocenters. The van der Waals surface area contributed by atoms with Crippen LogP contribution in [0, 0.1) is 18.8 Å². The van der Waals surface area contributed by atoms with E-state index in [1.54, 1.807) is 16.4 Å². The van der Waals surface area contributed by atoms with Gasteiger partial charge in [0, 0.05) is 17.5 Å². The summed E-state index contributed by atoms with van der Waals surface area (Å²) >= 11 is 2.39. The van der Waals surface area contributed by atoms with E-state index in [9.17, 15) is 8.42 Å². The molecule has 1 aliphatic heterocycles. The second kappa shape index (κ2) is 7.42. The maximum absolute atomic E-state index is 12.8. The van der Waals surface area contributed by atoms with Gasteiger partial charge in [0.1, 0.15) is 0 Å². The van der Waals surface area contributed by atoms with Crippen LogP contribution in [0.2, 0.25) is 0 Å². The Bertz CT molecular complexity index is 556. The molecule has 0 aliphatic carbocycles. The zero-order chi connectivity index (χ0) is 15.5. The number of sulfonamides is 1. The number of halogens is 1. The molecule has 2 unspecified atom stereocenters. The molecule has 5 heteroatoms. The molecule has 1 heterocycles. The maximum Gasteiger partial charge on any atom is 0.243 e. The highest BCUT2D eigenvalue weighted by molar-refractivity contribution is 14.1. The van der Waals surface area contributed by atoms with E-state index in [4.69, 9.17) is 0 Å². The molecule has 1 aromatic rings. The molecule has 1 fully saturated rings. The molecule has 0 bridgehead atoms. The fourth-order valence-electron chi connectivity index (χ4n) is 2.92. The number of unbranched alkanes of at least 4 members (excludes halogenated alkanes) is 1. The van der Waals surface area contributed by atoms with Crippen LogP contribution in [0.15, 0.2) is 29.2 Å². The number of rotatable bonds is 6. The first-order valence-corrected chi connectivity index (χ1v) is 10.6. The Morgan fingerprint density at radius 2 is 1.81 bits per heavy atom. The van der Waals surface area contributed by atoms with Crippen LogP contribution < -0.4 is 0 Å². The average Bonchev–Trinajstić information content (AvgIpc) is 2.89. The van der Waals surface area contributed by atoms with Gasteiger partial charge < -0.3 is 0 Å². The summed E-state index contributed by atoms with van der Waals surface area (Å²) in [6, 6.07) is 7.19. The third-order valence-electron chi connectivity index (χ3n) is 4.33. The molecule has 3 nitrogen and oxygen atoms in total. The van der Waals surface area contributed by atoms with Crippen molar-refractivity contribution in [2.45, 2.75) is 38.0 Å². The Labute approximate surface area is 142 Å². The Morgan fingerprint density at radius 1 is 1.19 bits per heavy atom. The number of alkyl halides is 1. The molecule has 1 aliphatic rings. The van der Waals surface area contributed by atoms with Gasteiger partial charge in [0.15, 0.2) is 0 Å². The van der Waals surface area contributed by atoms with Crippen molar-refractivity contribution in [1.29, 1.82) is 0 Å². The highest BCUT2D eigenvalue weighted by atomic mass is 127. The van der Waals surface area contributed by atoms with Gasteiger partial charge in [-0.1, -0.05) is 60.1 Å². The summed E-state index contributed by atoms with van der Waals surface area (Å²) in [6.45, 7) is 5.52. The van der Waals surface area contributed by atoms with Crippen LogP contribution in [0.3, 0.4) is 0 Å². The van der Waals surface area contributed by atoms with Crippen LogP contribution in [0.1, 0.15) is 31.7 Å². The molecule has 0 N–H and O–H groups in total. The van der Waals surface area contributed by atoms with E-state index in [-0.39, 0.29) is 0 Å². The summed E-state index contributed by atoms with van der Waals surface area (Å²) < 4.78 is 28.2. The Morgan fingerprint density at radius 3 is 2.38 bits per heavy atom.